The maximum absolute atomic E-state index is 11.7. The van der Waals surface area contributed by atoms with E-state index in [0.29, 0.717) is 12.5 Å². The standard InChI is InChI=1S/C16H26N6O3S/c1-26(23,24)16-19-15-18-14-12(11-22(15)20-16)3-2-4-13(14)17-5-6-21-7-9-25-10-8-21/h13,17H,2-11H2,1H3,(H,18,19,20). The summed E-state index contributed by atoms with van der Waals surface area (Å²) in [5, 5.41) is 5.34. The third-order valence-electron chi connectivity index (χ3n) is 5.18. The summed E-state index contributed by atoms with van der Waals surface area (Å²) in [6.07, 6.45) is 4.32. The van der Waals surface area contributed by atoms with Crippen molar-refractivity contribution in [2.75, 3.05) is 52.2 Å². The summed E-state index contributed by atoms with van der Waals surface area (Å²) in [7, 11) is -3.37. The summed E-state index contributed by atoms with van der Waals surface area (Å²) in [5.41, 5.74) is 5.17. The Balaban J connectivity index is 1.42. The number of rotatable bonds is 4. The molecule has 1 atom stereocenters. The highest BCUT2D eigenvalue weighted by Gasteiger charge is 2.34. The molecule has 0 bridgehead atoms. The van der Waals surface area contributed by atoms with Gasteiger partial charge in [-0.1, -0.05) is 0 Å². The van der Waals surface area contributed by atoms with Crippen molar-refractivity contribution in [1.29, 1.82) is 0 Å². The third kappa shape index (κ3) is 3.78. The van der Waals surface area contributed by atoms with Crippen molar-refractivity contribution in [3.8, 4) is 0 Å². The van der Waals surface area contributed by atoms with Crippen LogP contribution in [0.5, 0.6) is 0 Å². The number of ether oxygens (including phenoxy) is 1. The number of nitrogens with zero attached hydrogens (tertiary/aromatic N) is 4. The van der Waals surface area contributed by atoms with E-state index in [-0.39, 0.29) is 11.2 Å². The molecular formula is C16H26N6O3S. The van der Waals surface area contributed by atoms with Crippen molar-refractivity contribution in [3.63, 3.8) is 0 Å². The fourth-order valence-electron chi connectivity index (χ4n) is 3.77. The number of amidine groups is 1. The van der Waals surface area contributed by atoms with Crippen LogP contribution in [-0.4, -0.2) is 87.7 Å². The molecule has 0 saturated carbocycles. The Morgan fingerprint density at radius 3 is 2.88 bits per heavy atom. The number of aliphatic imine (C=N–C) groups is 2. The van der Waals surface area contributed by atoms with Gasteiger partial charge in [-0.3, -0.25) is 10.3 Å². The van der Waals surface area contributed by atoms with Gasteiger partial charge in [0.1, 0.15) is 0 Å². The molecular weight excluding hydrogens is 356 g/mol. The van der Waals surface area contributed by atoms with Crippen molar-refractivity contribution in [3.05, 3.63) is 11.3 Å². The summed E-state index contributed by atoms with van der Waals surface area (Å²) >= 11 is 0. The Morgan fingerprint density at radius 1 is 1.31 bits per heavy atom. The molecule has 0 aromatic carbocycles. The minimum absolute atomic E-state index is 0.0204. The molecule has 4 rings (SSSR count). The molecule has 10 heteroatoms. The zero-order valence-electron chi connectivity index (χ0n) is 15.1. The first-order chi connectivity index (χ1) is 12.5. The van der Waals surface area contributed by atoms with Crippen LogP contribution in [0.25, 0.3) is 0 Å². The van der Waals surface area contributed by atoms with Crippen molar-refractivity contribution in [2.45, 2.75) is 25.3 Å². The van der Waals surface area contributed by atoms with Gasteiger partial charge in [-0.25, -0.2) is 18.4 Å². The molecule has 1 unspecified atom stereocenters. The second-order valence-corrected chi connectivity index (χ2v) is 9.07. The first kappa shape index (κ1) is 17.9. The van der Waals surface area contributed by atoms with Crippen molar-refractivity contribution < 1.29 is 13.2 Å². The number of morpholine rings is 1. The zero-order valence-corrected chi connectivity index (χ0v) is 15.9. The minimum Gasteiger partial charge on any atom is -0.379 e. The second kappa shape index (κ2) is 7.26. The lowest BCUT2D eigenvalue weighted by atomic mass is 9.91. The number of guanidine groups is 1. The van der Waals surface area contributed by atoms with Crippen LogP contribution in [0.4, 0.5) is 0 Å². The first-order valence-electron chi connectivity index (χ1n) is 9.18. The number of nitrogens with one attached hydrogen (secondary N) is 2. The highest BCUT2D eigenvalue weighted by molar-refractivity contribution is 8.05. The molecule has 0 aromatic rings. The van der Waals surface area contributed by atoms with Gasteiger partial charge in [0.2, 0.25) is 21.0 Å². The molecule has 0 spiro atoms. The normalized spacial score (nSPS) is 26.8. The van der Waals surface area contributed by atoms with Crippen LogP contribution < -0.4 is 10.7 Å². The van der Waals surface area contributed by atoms with Crippen molar-refractivity contribution >= 4 is 21.0 Å². The van der Waals surface area contributed by atoms with E-state index in [1.165, 1.54) is 5.57 Å². The average molecular weight is 382 g/mol. The molecule has 3 aliphatic heterocycles. The Labute approximate surface area is 154 Å². The van der Waals surface area contributed by atoms with Gasteiger partial charge in [-0.05, 0) is 24.8 Å². The SMILES string of the molecule is CS(=O)(=O)C1=NC2=NC3=C(CCCC3NCCN3CCOCC3)CN2N1. The van der Waals surface area contributed by atoms with Crippen LogP contribution in [0.3, 0.4) is 0 Å². The average Bonchev–Trinajstić information content (AvgIpc) is 3.04. The van der Waals surface area contributed by atoms with E-state index in [4.69, 9.17) is 4.74 Å². The highest BCUT2D eigenvalue weighted by atomic mass is 32.2. The van der Waals surface area contributed by atoms with E-state index < -0.39 is 9.84 Å². The molecule has 26 heavy (non-hydrogen) atoms. The van der Waals surface area contributed by atoms with E-state index in [2.05, 4.69) is 25.6 Å². The van der Waals surface area contributed by atoms with Crippen LogP contribution in [0.1, 0.15) is 19.3 Å². The molecule has 2 N–H and O–H groups in total. The summed E-state index contributed by atoms with van der Waals surface area (Å²) in [6, 6.07) is 0.215. The van der Waals surface area contributed by atoms with Gasteiger partial charge in [0.15, 0.2) is 0 Å². The highest BCUT2D eigenvalue weighted by Crippen LogP contribution is 2.30. The van der Waals surface area contributed by atoms with Crippen molar-refractivity contribution in [1.82, 2.24) is 20.7 Å². The van der Waals surface area contributed by atoms with Crippen LogP contribution >= 0.6 is 0 Å². The fraction of sp³-hybridized carbons (Fsp3) is 0.750. The maximum Gasteiger partial charge on any atom is 0.247 e. The molecule has 4 aliphatic rings. The lowest BCUT2D eigenvalue weighted by Gasteiger charge is -2.33. The van der Waals surface area contributed by atoms with Gasteiger partial charge in [-0.15, -0.1) is 0 Å². The number of hydrogen-bond donors (Lipinski definition) is 2. The minimum atomic E-state index is -3.37. The number of fused-ring (bicyclic) bond motifs is 1. The Bertz CT molecular complexity index is 754. The zero-order chi connectivity index (χ0) is 18.1. The first-order valence-corrected chi connectivity index (χ1v) is 11.1. The monoisotopic (exact) mass is 382 g/mol. The third-order valence-corrected chi connectivity index (χ3v) is 6.07. The number of hydrogen-bond acceptors (Lipinski definition) is 9. The van der Waals surface area contributed by atoms with Gasteiger partial charge in [0.25, 0.3) is 0 Å². The van der Waals surface area contributed by atoms with Crippen LogP contribution in [-0.2, 0) is 14.6 Å². The van der Waals surface area contributed by atoms with Gasteiger partial charge < -0.3 is 10.1 Å². The van der Waals surface area contributed by atoms with Gasteiger partial charge in [-0.2, -0.15) is 4.99 Å². The Kier molecular flexibility index (Phi) is 5.00. The smallest absolute Gasteiger partial charge is 0.247 e. The topological polar surface area (TPSA) is 98.6 Å². The summed E-state index contributed by atoms with van der Waals surface area (Å²) < 4.78 is 28.9. The lowest BCUT2D eigenvalue weighted by molar-refractivity contribution is 0.0382. The van der Waals surface area contributed by atoms with Crippen LogP contribution in [0.15, 0.2) is 21.3 Å². The van der Waals surface area contributed by atoms with E-state index in [1.54, 1.807) is 5.01 Å². The molecule has 0 radical (unpaired) electrons. The predicted octanol–water partition coefficient (Wildman–Crippen LogP) is -0.695. The molecule has 1 saturated heterocycles. The van der Waals surface area contributed by atoms with Gasteiger partial charge in [0.05, 0.1) is 25.5 Å². The Hall–Kier alpha value is -1.49. The van der Waals surface area contributed by atoms with E-state index in [0.717, 1.165) is 70.6 Å². The summed E-state index contributed by atoms with van der Waals surface area (Å²) in [4.78, 5) is 11.3. The maximum atomic E-state index is 11.7. The summed E-state index contributed by atoms with van der Waals surface area (Å²) in [6.45, 7) is 6.16. The van der Waals surface area contributed by atoms with E-state index in [1.807, 2.05) is 0 Å². The molecule has 0 aromatic heterocycles. The number of sulfone groups is 1. The second-order valence-electron chi connectivity index (χ2n) is 7.14. The molecule has 9 nitrogen and oxygen atoms in total. The van der Waals surface area contributed by atoms with Crippen molar-refractivity contribution in [2.24, 2.45) is 9.98 Å². The molecule has 1 aliphatic carbocycles. The predicted molar refractivity (Wildman–Crippen MR) is 99.5 cm³/mol. The van der Waals surface area contributed by atoms with E-state index in [9.17, 15) is 8.42 Å². The molecule has 144 valence electrons. The molecule has 1 fully saturated rings. The Morgan fingerprint density at radius 2 is 2.12 bits per heavy atom. The quantitative estimate of drug-likeness (QED) is 0.664. The van der Waals surface area contributed by atoms with Crippen LogP contribution in [0.2, 0.25) is 0 Å². The lowest BCUT2D eigenvalue weighted by Crippen LogP contribution is -2.47. The van der Waals surface area contributed by atoms with Crippen LogP contribution in [0, 0.1) is 0 Å². The molecule has 0 amide bonds. The summed E-state index contributed by atoms with van der Waals surface area (Å²) in [5.74, 6) is 0.450. The molecule has 3 heterocycles. The largest absolute Gasteiger partial charge is 0.379 e. The number of hydrazine groups is 1. The van der Waals surface area contributed by atoms with Gasteiger partial charge >= 0.3 is 0 Å². The van der Waals surface area contributed by atoms with Gasteiger partial charge in [0, 0.05) is 38.5 Å². The fourth-order valence-corrected chi connectivity index (χ4v) is 4.29. The van der Waals surface area contributed by atoms with E-state index >= 15 is 0 Å².